The fourth-order valence-corrected chi connectivity index (χ4v) is 3.41. The third kappa shape index (κ3) is 2.98. The average Bonchev–Trinajstić information content (AvgIpc) is 3.27. The Hall–Kier alpha value is -2.22. The summed E-state index contributed by atoms with van der Waals surface area (Å²) in [5.74, 6) is 0.502. The molecule has 3 aromatic rings. The van der Waals surface area contributed by atoms with Crippen molar-refractivity contribution in [2.45, 2.75) is 24.9 Å². The summed E-state index contributed by atoms with van der Waals surface area (Å²) in [5, 5.41) is 3.95. The highest BCUT2D eigenvalue weighted by Crippen LogP contribution is 2.43. The summed E-state index contributed by atoms with van der Waals surface area (Å²) in [6, 6.07) is 6.33. The van der Waals surface area contributed by atoms with Gasteiger partial charge in [0.15, 0.2) is 0 Å². The number of aromatic nitrogens is 3. The first-order valence-corrected chi connectivity index (χ1v) is 7.88. The van der Waals surface area contributed by atoms with Gasteiger partial charge in [0, 0.05) is 17.8 Å². The Morgan fingerprint density at radius 2 is 1.96 bits per heavy atom. The van der Waals surface area contributed by atoms with E-state index < -0.39 is 11.9 Å². The van der Waals surface area contributed by atoms with E-state index in [0.29, 0.717) is 11.6 Å². The lowest BCUT2D eigenvalue weighted by molar-refractivity contribution is -0.141. The number of halogens is 3. The summed E-state index contributed by atoms with van der Waals surface area (Å²) in [6.07, 6.45) is -1.03. The molecule has 8 heteroatoms. The van der Waals surface area contributed by atoms with Crippen molar-refractivity contribution < 1.29 is 13.2 Å². The first kappa shape index (κ1) is 14.4. The van der Waals surface area contributed by atoms with E-state index in [-0.39, 0.29) is 5.95 Å². The molecule has 1 saturated carbocycles. The van der Waals surface area contributed by atoms with E-state index in [9.17, 15) is 13.2 Å². The van der Waals surface area contributed by atoms with E-state index >= 15 is 0 Å². The minimum atomic E-state index is -4.49. The zero-order valence-electron chi connectivity index (χ0n) is 11.8. The molecule has 1 aromatic carbocycles. The predicted octanol–water partition coefficient (Wildman–Crippen LogP) is 4.73. The number of fused-ring (bicyclic) bond motifs is 1. The number of alkyl halides is 3. The minimum absolute atomic E-state index is 0.0777. The third-order valence-corrected chi connectivity index (χ3v) is 4.71. The smallest absolute Gasteiger partial charge is 0.324 e. The van der Waals surface area contributed by atoms with Crippen LogP contribution >= 0.6 is 11.3 Å². The van der Waals surface area contributed by atoms with Crippen molar-refractivity contribution in [2.75, 3.05) is 5.32 Å². The molecule has 23 heavy (non-hydrogen) atoms. The number of thiazole rings is 1. The molecule has 0 radical (unpaired) electrons. The Morgan fingerprint density at radius 3 is 2.70 bits per heavy atom. The molecule has 0 spiro atoms. The van der Waals surface area contributed by atoms with Crippen molar-refractivity contribution in [1.82, 2.24) is 15.0 Å². The van der Waals surface area contributed by atoms with Crippen LogP contribution in [0.15, 0.2) is 30.5 Å². The summed E-state index contributed by atoms with van der Waals surface area (Å²) in [6.45, 7) is 0. The van der Waals surface area contributed by atoms with Crippen LogP contribution < -0.4 is 5.32 Å². The van der Waals surface area contributed by atoms with Gasteiger partial charge in [-0.1, -0.05) is 0 Å². The molecule has 118 valence electrons. The molecular formula is C15H11F3N4S. The maximum atomic E-state index is 12.7. The van der Waals surface area contributed by atoms with Gasteiger partial charge in [-0.05, 0) is 37.1 Å². The van der Waals surface area contributed by atoms with E-state index in [1.165, 1.54) is 12.8 Å². The van der Waals surface area contributed by atoms with E-state index in [4.69, 9.17) is 0 Å². The van der Waals surface area contributed by atoms with E-state index in [0.717, 1.165) is 27.5 Å². The van der Waals surface area contributed by atoms with Gasteiger partial charge in [-0.3, -0.25) is 0 Å². The zero-order valence-corrected chi connectivity index (χ0v) is 12.6. The minimum Gasteiger partial charge on any atom is -0.324 e. The van der Waals surface area contributed by atoms with Crippen LogP contribution in [0.1, 0.15) is 29.5 Å². The first-order valence-electron chi connectivity index (χ1n) is 7.07. The second-order valence-corrected chi connectivity index (χ2v) is 6.46. The summed E-state index contributed by atoms with van der Waals surface area (Å²) in [4.78, 5) is 11.9. The molecule has 4 nitrogen and oxygen atoms in total. The van der Waals surface area contributed by atoms with Crippen molar-refractivity contribution in [3.63, 3.8) is 0 Å². The normalized spacial score (nSPS) is 15.1. The monoisotopic (exact) mass is 336 g/mol. The van der Waals surface area contributed by atoms with Crippen LogP contribution in [0, 0.1) is 0 Å². The number of benzene rings is 1. The molecule has 2 aromatic heterocycles. The second-order valence-electron chi connectivity index (χ2n) is 5.40. The number of anilines is 2. The second kappa shape index (κ2) is 5.16. The number of nitrogens with one attached hydrogen (secondary N) is 1. The van der Waals surface area contributed by atoms with Gasteiger partial charge in [0.05, 0.1) is 15.2 Å². The molecule has 1 aliphatic carbocycles. The molecule has 1 fully saturated rings. The third-order valence-electron chi connectivity index (χ3n) is 3.53. The highest BCUT2D eigenvalue weighted by Gasteiger charge is 2.32. The number of nitrogens with zero attached hydrogens (tertiary/aromatic N) is 3. The van der Waals surface area contributed by atoms with Crippen LogP contribution in [0.5, 0.6) is 0 Å². The Bertz CT molecular complexity index is 871. The van der Waals surface area contributed by atoms with Crippen LogP contribution in [-0.4, -0.2) is 15.0 Å². The lowest BCUT2D eigenvalue weighted by Crippen LogP contribution is -2.10. The van der Waals surface area contributed by atoms with Crippen LogP contribution in [0.4, 0.5) is 24.8 Å². The molecule has 0 amide bonds. The molecular weight excluding hydrogens is 325 g/mol. The standard InChI is InChI=1S/C15H11F3N4S/c16-15(17,18)12-5-6-19-14(22-12)20-9-3-4-10-11(7-9)23-13(21-10)8-1-2-8/h3-8H,1-2H2,(H,19,20,22). The largest absolute Gasteiger partial charge is 0.433 e. The van der Waals surface area contributed by atoms with Gasteiger partial charge in [-0.2, -0.15) is 13.2 Å². The molecule has 0 atom stereocenters. The topological polar surface area (TPSA) is 50.7 Å². The van der Waals surface area contributed by atoms with E-state index in [1.54, 1.807) is 17.4 Å². The number of rotatable bonds is 3. The maximum Gasteiger partial charge on any atom is 0.433 e. The van der Waals surface area contributed by atoms with Crippen molar-refractivity contribution in [1.29, 1.82) is 0 Å². The van der Waals surface area contributed by atoms with Crippen LogP contribution in [0.3, 0.4) is 0 Å². The van der Waals surface area contributed by atoms with E-state index in [2.05, 4.69) is 20.3 Å². The summed E-state index contributed by atoms with van der Waals surface area (Å²) < 4.78 is 39.0. The van der Waals surface area contributed by atoms with Gasteiger partial charge in [0.25, 0.3) is 0 Å². The van der Waals surface area contributed by atoms with Gasteiger partial charge < -0.3 is 5.32 Å². The Labute approximate surface area is 133 Å². The molecule has 1 aliphatic rings. The summed E-state index contributed by atoms with van der Waals surface area (Å²) >= 11 is 1.63. The Kier molecular flexibility index (Phi) is 3.22. The highest BCUT2D eigenvalue weighted by molar-refractivity contribution is 7.18. The molecule has 2 heterocycles. The molecule has 0 bridgehead atoms. The van der Waals surface area contributed by atoms with Crippen molar-refractivity contribution in [2.24, 2.45) is 0 Å². The predicted molar refractivity (Wildman–Crippen MR) is 81.9 cm³/mol. The summed E-state index contributed by atoms with van der Waals surface area (Å²) in [7, 11) is 0. The first-order chi connectivity index (χ1) is 11.0. The van der Waals surface area contributed by atoms with Crippen LogP contribution in [0.25, 0.3) is 10.2 Å². The lowest BCUT2D eigenvalue weighted by Gasteiger charge is -2.08. The Morgan fingerprint density at radius 1 is 1.13 bits per heavy atom. The zero-order chi connectivity index (χ0) is 16.0. The van der Waals surface area contributed by atoms with Gasteiger partial charge in [0.2, 0.25) is 5.95 Å². The van der Waals surface area contributed by atoms with Crippen LogP contribution in [0.2, 0.25) is 0 Å². The fourth-order valence-electron chi connectivity index (χ4n) is 2.23. The average molecular weight is 336 g/mol. The van der Waals surface area contributed by atoms with Gasteiger partial charge in [-0.25, -0.2) is 15.0 Å². The van der Waals surface area contributed by atoms with Gasteiger partial charge in [-0.15, -0.1) is 11.3 Å². The lowest BCUT2D eigenvalue weighted by atomic mass is 10.3. The molecule has 0 aliphatic heterocycles. The number of hydrogen-bond donors (Lipinski definition) is 1. The number of hydrogen-bond acceptors (Lipinski definition) is 5. The highest BCUT2D eigenvalue weighted by atomic mass is 32.1. The summed E-state index contributed by atoms with van der Waals surface area (Å²) in [5.41, 5.74) is 0.583. The molecule has 0 saturated heterocycles. The van der Waals surface area contributed by atoms with Crippen molar-refractivity contribution in [3.8, 4) is 0 Å². The van der Waals surface area contributed by atoms with Crippen molar-refractivity contribution >= 4 is 33.2 Å². The van der Waals surface area contributed by atoms with Crippen molar-refractivity contribution in [3.05, 3.63) is 41.2 Å². The molecule has 0 unspecified atom stereocenters. The molecule has 1 N–H and O–H groups in total. The molecule has 4 rings (SSSR count). The Balaban J connectivity index is 1.62. The van der Waals surface area contributed by atoms with E-state index in [1.807, 2.05) is 12.1 Å². The van der Waals surface area contributed by atoms with Gasteiger partial charge >= 0.3 is 6.18 Å². The SMILES string of the molecule is FC(F)(F)c1ccnc(Nc2ccc3nc(C4CC4)sc3c2)n1. The quantitative estimate of drug-likeness (QED) is 0.751. The van der Waals surface area contributed by atoms with Crippen LogP contribution in [-0.2, 0) is 6.18 Å². The van der Waals surface area contributed by atoms with Gasteiger partial charge in [0.1, 0.15) is 5.69 Å². The fraction of sp³-hybridized carbons (Fsp3) is 0.267. The maximum absolute atomic E-state index is 12.7.